The molecule has 0 saturated carbocycles. The van der Waals surface area contributed by atoms with Crippen LogP contribution in [0.5, 0.6) is 0 Å². The van der Waals surface area contributed by atoms with Crippen molar-refractivity contribution in [2.45, 2.75) is 51.6 Å². The Balaban J connectivity index is 2.28. The van der Waals surface area contributed by atoms with E-state index in [-0.39, 0.29) is 0 Å². The highest BCUT2D eigenvalue weighted by atomic mass is 14.9. The lowest BCUT2D eigenvalue weighted by Crippen LogP contribution is -2.39. The van der Waals surface area contributed by atoms with E-state index in [2.05, 4.69) is 31.3 Å². The lowest BCUT2D eigenvalue weighted by atomic mass is 9.99. The molecule has 0 aromatic carbocycles. The van der Waals surface area contributed by atoms with E-state index >= 15 is 0 Å². The summed E-state index contributed by atoms with van der Waals surface area (Å²) in [4.78, 5) is 0. The molecular formula is C10H19N. The van der Waals surface area contributed by atoms with Gasteiger partial charge < -0.3 is 5.32 Å². The van der Waals surface area contributed by atoms with Gasteiger partial charge in [-0.15, -0.1) is 0 Å². The van der Waals surface area contributed by atoms with Crippen molar-refractivity contribution in [3.8, 4) is 0 Å². The zero-order chi connectivity index (χ0) is 8.10. The summed E-state index contributed by atoms with van der Waals surface area (Å²) in [5.41, 5.74) is 0. The van der Waals surface area contributed by atoms with Crippen LogP contribution in [0.2, 0.25) is 0 Å². The predicted molar refractivity (Wildman–Crippen MR) is 49.7 cm³/mol. The van der Waals surface area contributed by atoms with Gasteiger partial charge in [-0.1, -0.05) is 25.5 Å². The Morgan fingerprint density at radius 1 is 1.45 bits per heavy atom. The van der Waals surface area contributed by atoms with E-state index in [0.717, 1.165) is 12.5 Å². The van der Waals surface area contributed by atoms with E-state index in [9.17, 15) is 0 Å². The molecule has 0 aromatic heterocycles. The topological polar surface area (TPSA) is 12.0 Å². The van der Waals surface area contributed by atoms with Gasteiger partial charge >= 0.3 is 0 Å². The Hall–Kier alpha value is -0.300. The molecule has 1 heteroatoms. The fourth-order valence-electron chi connectivity index (χ4n) is 1.63. The summed E-state index contributed by atoms with van der Waals surface area (Å²) >= 11 is 0. The van der Waals surface area contributed by atoms with Crippen LogP contribution in [0.3, 0.4) is 0 Å². The minimum absolute atomic E-state index is 0.652. The summed E-state index contributed by atoms with van der Waals surface area (Å²) in [6, 6.07) is 1.37. The smallest absolute Gasteiger partial charge is 0.0252 e. The van der Waals surface area contributed by atoms with Crippen LogP contribution in [0.4, 0.5) is 0 Å². The Morgan fingerprint density at radius 2 is 2.27 bits per heavy atom. The van der Waals surface area contributed by atoms with Crippen LogP contribution in [0.15, 0.2) is 12.2 Å². The molecule has 2 atom stereocenters. The maximum Gasteiger partial charge on any atom is 0.0252 e. The third kappa shape index (κ3) is 3.06. The van der Waals surface area contributed by atoms with E-state index in [0.29, 0.717) is 6.04 Å². The maximum atomic E-state index is 3.56. The molecule has 1 heterocycles. The minimum Gasteiger partial charge on any atom is -0.308 e. The predicted octanol–water partition coefficient (Wildman–Crippen LogP) is 2.48. The summed E-state index contributed by atoms with van der Waals surface area (Å²) in [6.07, 6.45) is 9.78. The van der Waals surface area contributed by atoms with Gasteiger partial charge in [-0.05, 0) is 26.2 Å². The van der Waals surface area contributed by atoms with Crippen molar-refractivity contribution in [1.29, 1.82) is 0 Å². The van der Waals surface area contributed by atoms with Crippen molar-refractivity contribution >= 4 is 0 Å². The number of hydrogen-bond donors (Lipinski definition) is 1. The number of rotatable bonds is 2. The number of allylic oxidation sites excluding steroid dienone is 1. The molecule has 1 fully saturated rings. The summed E-state index contributed by atoms with van der Waals surface area (Å²) in [6.45, 7) is 4.45. The van der Waals surface area contributed by atoms with Gasteiger partial charge in [0.2, 0.25) is 0 Å². The van der Waals surface area contributed by atoms with Crippen LogP contribution in [-0.2, 0) is 0 Å². The van der Waals surface area contributed by atoms with Gasteiger partial charge in [0.25, 0.3) is 0 Å². The van der Waals surface area contributed by atoms with Crippen molar-refractivity contribution in [3.63, 3.8) is 0 Å². The summed E-state index contributed by atoms with van der Waals surface area (Å²) in [5, 5.41) is 3.56. The second-order valence-corrected chi connectivity index (χ2v) is 3.44. The van der Waals surface area contributed by atoms with Gasteiger partial charge in [-0.2, -0.15) is 0 Å². The van der Waals surface area contributed by atoms with Crippen molar-refractivity contribution < 1.29 is 0 Å². The SMILES string of the molecule is CCC=C[C@H]1CCC[C@H](C)N1. The Morgan fingerprint density at radius 3 is 2.91 bits per heavy atom. The third-order valence-corrected chi connectivity index (χ3v) is 2.25. The van der Waals surface area contributed by atoms with Crippen molar-refractivity contribution in [3.05, 3.63) is 12.2 Å². The van der Waals surface area contributed by atoms with Gasteiger partial charge in [0.05, 0.1) is 0 Å². The lowest BCUT2D eigenvalue weighted by Gasteiger charge is -2.26. The van der Waals surface area contributed by atoms with E-state index in [1.165, 1.54) is 19.3 Å². The van der Waals surface area contributed by atoms with E-state index in [4.69, 9.17) is 0 Å². The Kier molecular flexibility index (Phi) is 3.64. The molecule has 0 aromatic rings. The lowest BCUT2D eigenvalue weighted by molar-refractivity contribution is 0.374. The Labute approximate surface area is 69.9 Å². The van der Waals surface area contributed by atoms with Crippen molar-refractivity contribution in [2.24, 2.45) is 0 Å². The van der Waals surface area contributed by atoms with Gasteiger partial charge in [-0.3, -0.25) is 0 Å². The van der Waals surface area contributed by atoms with Gasteiger partial charge in [-0.25, -0.2) is 0 Å². The number of nitrogens with one attached hydrogen (secondary N) is 1. The Bertz CT molecular complexity index is 129. The monoisotopic (exact) mass is 153 g/mol. The quantitative estimate of drug-likeness (QED) is 0.601. The first kappa shape index (κ1) is 8.79. The van der Waals surface area contributed by atoms with Crippen LogP contribution < -0.4 is 5.32 Å². The second kappa shape index (κ2) is 4.55. The highest BCUT2D eigenvalue weighted by Crippen LogP contribution is 2.12. The molecule has 1 N–H and O–H groups in total. The molecule has 0 aliphatic carbocycles. The molecule has 0 unspecified atom stereocenters. The molecule has 11 heavy (non-hydrogen) atoms. The number of piperidine rings is 1. The van der Waals surface area contributed by atoms with Crippen molar-refractivity contribution in [1.82, 2.24) is 5.32 Å². The van der Waals surface area contributed by atoms with Crippen LogP contribution in [-0.4, -0.2) is 12.1 Å². The average Bonchev–Trinajstić information content (AvgIpc) is 2.01. The molecule has 64 valence electrons. The van der Waals surface area contributed by atoms with E-state index in [1.54, 1.807) is 0 Å². The normalized spacial score (nSPS) is 32.9. The van der Waals surface area contributed by atoms with Crippen LogP contribution in [0.25, 0.3) is 0 Å². The van der Waals surface area contributed by atoms with Crippen LogP contribution in [0.1, 0.15) is 39.5 Å². The molecule has 0 spiro atoms. The molecular weight excluding hydrogens is 134 g/mol. The number of hydrogen-bond acceptors (Lipinski definition) is 1. The summed E-state index contributed by atoms with van der Waals surface area (Å²) in [7, 11) is 0. The average molecular weight is 153 g/mol. The van der Waals surface area contributed by atoms with E-state index < -0.39 is 0 Å². The molecule has 1 aliphatic rings. The molecule has 1 saturated heterocycles. The first-order valence-corrected chi connectivity index (χ1v) is 4.75. The van der Waals surface area contributed by atoms with Crippen LogP contribution >= 0.6 is 0 Å². The molecule has 0 amide bonds. The summed E-state index contributed by atoms with van der Waals surface area (Å²) in [5.74, 6) is 0. The largest absolute Gasteiger partial charge is 0.308 e. The molecule has 1 nitrogen and oxygen atoms in total. The highest BCUT2D eigenvalue weighted by molar-refractivity contribution is 4.95. The van der Waals surface area contributed by atoms with Crippen molar-refractivity contribution in [2.75, 3.05) is 0 Å². The molecule has 1 rings (SSSR count). The zero-order valence-corrected chi connectivity index (χ0v) is 7.64. The summed E-state index contributed by atoms with van der Waals surface area (Å²) < 4.78 is 0. The molecule has 0 bridgehead atoms. The van der Waals surface area contributed by atoms with Crippen LogP contribution in [0, 0.1) is 0 Å². The standard InChI is InChI=1S/C10H19N/c1-3-4-7-10-8-5-6-9(2)11-10/h4,7,9-11H,3,5-6,8H2,1-2H3/t9-,10-/m0/s1. The van der Waals surface area contributed by atoms with Gasteiger partial charge in [0.1, 0.15) is 0 Å². The maximum absolute atomic E-state index is 3.56. The van der Waals surface area contributed by atoms with Gasteiger partial charge in [0.15, 0.2) is 0 Å². The zero-order valence-electron chi connectivity index (χ0n) is 7.64. The fraction of sp³-hybridized carbons (Fsp3) is 0.800. The first-order valence-electron chi connectivity index (χ1n) is 4.75. The molecule has 1 aliphatic heterocycles. The third-order valence-electron chi connectivity index (χ3n) is 2.25. The fourth-order valence-corrected chi connectivity index (χ4v) is 1.63. The van der Waals surface area contributed by atoms with Gasteiger partial charge in [0, 0.05) is 12.1 Å². The minimum atomic E-state index is 0.652. The van der Waals surface area contributed by atoms with E-state index in [1.807, 2.05) is 0 Å². The first-order chi connectivity index (χ1) is 5.33. The second-order valence-electron chi connectivity index (χ2n) is 3.44. The highest BCUT2D eigenvalue weighted by Gasteiger charge is 2.14. The molecule has 0 radical (unpaired) electrons.